The van der Waals surface area contributed by atoms with Gasteiger partial charge in [0.2, 0.25) is 10.0 Å². The number of nitrogens with one attached hydrogen (secondary N) is 1. The molecule has 0 aliphatic carbocycles. The van der Waals surface area contributed by atoms with Gasteiger partial charge in [-0.15, -0.1) is 11.3 Å². The third kappa shape index (κ3) is 3.17. The molecule has 2 rings (SSSR count). The number of hydrogen-bond donors (Lipinski definition) is 1. The summed E-state index contributed by atoms with van der Waals surface area (Å²) < 4.78 is 25.7. The molecule has 0 unspecified atom stereocenters. The van der Waals surface area contributed by atoms with Crippen LogP contribution in [0.25, 0.3) is 0 Å². The largest absolute Gasteiger partial charge is 0.378 e. The fraction of sp³-hybridized carbons (Fsp3) is 0.308. The van der Waals surface area contributed by atoms with Crippen LogP contribution >= 0.6 is 11.3 Å². The van der Waals surface area contributed by atoms with Crippen LogP contribution in [0.1, 0.15) is 10.7 Å². The molecule has 5 nitrogen and oxygen atoms in total. The molecule has 1 N–H and O–H groups in total. The first kappa shape index (κ1) is 15.0. The Hall–Kier alpha value is -1.44. The van der Waals surface area contributed by atoms with Gasteiger partial charge in [-0.25, -0.2) is 17.7 Å². The summed E-state index contributed by atoms with van der Waals surface area (Å²) in [5, 5.41) is 6.10. The lowest BCUT2D eigenvalue weighted by Crippen LogP contribution is -2.23. The van der Waals surface area contributed by atoms with Crippen molar-refractivity contribution < 1.29 is 8.42 Å². The second kappa shape index (κ2) is 5.90. The topological polar surface area (TPSA) is 62.3 Å². The number of aromatic nitrogens is 1. The Morgan fingerprint density at radius 1 is 1.30 bits per heavy atom. The smallest absolute Gasteiger partial charge is 0.244 e. The molecule has 1 heterocycles. The predicted molar refractivity (Wildman–Crippen MR) is 81.5 cm³/mol. The third-order valence-electron chi connectivity index (χ3n) is 2.77. The summed E-state index contributed by atoms with van der Waals surface area (Å²) in [6, 6.07) is 6.89. The molecule has 0 saturated carbocycles. The van der Waals surface area contributed by atoms with E-state index in [9.17, 15) is 8.42 Å². The van der Waals surface area contributed by atoms with Gasteiger partial charge in [0.15, 0.2) is 0 Å². The number of rotatable bonds is 5. The molecular weight excluding hydrogens is 294 g/mol. The molecule has 0 saturated heterocycles. The zero-order valence-electron chi connectivity index (χ0n) is 11.6. The zero-order chi connectivity index (χ0) is 14.8. The van der Waals surface area contributed by atoms with Gasteiger partial charge in [0.05, 0.1) is 22.9 Å². The Morgan fingerprint density at radius 3 is 2.60 bits per heavy atom. The van der Waals surface area contributed by atoms with Crippen LogP contribution in [0.5, 0.6) is 0 Å². The van der Waals surface area contributed by atoms with E-state index in [0.29, 0.717) is 12.2 Å². The van der Waals surface area contributed by atoms with Crippen LogP contribution in [-0.2, 0) is 16.6 Å². The average Bonchev–Trinajstić information content (AvgIpc) is 2.82. The van der Waals surface area contributed by atoms with Crippen LogP contribution in [0.3, 0.4) is 0 Å². The van der Waals surface area contributed by atoms with E-state index in [2.05, 4.69) is 10.3 Å². The van der Waals surface area contributed by atoms with Crippen molar-refractivity contribution in [3.63, 3.8) is 0 Å². The van der Waals surface area contributed by atoms with Crippen molar-refractivity contribution >= 4 is 27.0 Å². The van der Waals surface area contributed by atoms with E-state index in [-0.39, 0.29) is 4.90 Å². The molecule has 0 amide bonds. The van der Waals surface area contributed by atoms with Gasteiger partial charge in [0.25, 0.3) is 0 Å². The number of thiazole rings is 1. The summed E-state index contributed by atoms with van der Waals surface area (Å²) in [6.07, 6.45) is 0. The van der Waals surface area contributed by atoms with Crippen molar-refractivity contribution in [3.05, 3.63) is 40.3 Å². The highest BCUT2D eigenvalue weighted by Gasteiger charge is 2.20. The number of para-hydroxylation sites is 1. The number of anilines is 1. The number of sulfonamides is 1. The van der Waals surface area contributed by atoms with Gasteiger partial charge < -0.3 is 5.32 Å². The highest BCUT2D eigenvalue weighted by atomic mass is 32.2. The van der Waals surface area contributed by atoms with E-state index in [1.807, 2.05) is 18.4 Å². The molecule has 0 radical (unpaired) electrons. The number of nitrogens with zero attached hydrogens (tertiary/aromatic N) is 2. The molecule has 0 aliphatic rings. The van der Waals surface area contributed by atoms with Gasteiger partial charge in [0, 0.05) is 19.5 Å². The quantitative estimate of drug-likeness (QED) is 0.920. The first-order valence-electron chi connectivity index (χ1n) is 6.07. The van der Waals surface area contributed by atoms with Crippen molar-refractivity contribution in [2.75, 3.05) is 19.4 Å². The van der Waals surface area contributed by atoms with Crippen molar-refractivity contribution in [1.82, 2.24) is 9.29 Å². The Kier molecular flexibility index (Phi) is 4.42. The van der Waals surface area contributed by atoms with Gasteiger partial charge in [-0.3, -0.25) is 0 Å². The summed E-state index contributed by atoms with van der Waals surface area (Å²) in [7, 11) is -0.406. The molecule has 0 atom stereocenters. The van der Waals surface area contributed by atoms with Gasteiger partial charge in [-0.05, 0) is 19.1 Å². The molecule has 0 fully saturated rings. The van der Waals surface area contributed by atoms with Crippen molar-refractivity contribution in [1.29, 1.82) is 0 Å². The number of aryl methyl sites for hydroxylation is 1. The summed E-state index contributed by atoms with van der Waals surface area (Å²) in [6.45, 7) is 2.45. The van der Waals surface area contributed by atoms with Crippen LogP contribution in [0.2, 0.25) is 0 Å². The molecule has 2 aromatic rings. The van der Waals surface area contributed by atoms with Crippen LogP contribution < -0.4 is 5.32 Å². The monoisotopic (exact) mass is 311 g/mol. The lowest BCUT2D eigenvalue weighted by molar-refractivity contribution is 0.521. The second-order valence-corrected chi connectivity index (χ2v) is 7.68. The van der Waals surface area contributed by atoms with E-state index in [1.54, 1.807) is 29.5 Å². The molecule has 108 valence electrons. The van der Waals surface area contributed by atoms with Crippen LogP contribution in [-0.4, -0.2) is 31.8 Å². The van der Waals surface area contributed by atoms with Crippen LogP contribution in [0.15, 0.2) is 34.5 Å². The lowest BCUT2D eigenvalue weighted by atomic mass is 10.3. The van der Waals surface area contributed by atoms with Crippen molar-refractivity contribution in [3.8, 4) is 0 Å². The lowest BCUT2D eigenvalue weighted by Gasteiger charge is -2.15. The summed E-state index contributed by atoms with van der Waals surface area (Å²) >= 11 is 1.58. The maximum absolute atomic E-state index is 12.2. The molecule has 1 aromatic carbocycles. The number of benzene rings is 1. The summed E-state index contributed by atoms with van der Waals surface area (Å²) in [4.78, 5) is 4.62. The normalized spacial score (nSPS) is 11.8. The highest BCUT2D eigenvalue weighted by molar-refractivity contribution is 7.89. The van der Waals surface area contributed by atoms with E-state index < -0.39 is 10.0 Å². The van der Waals surface area contributed by atoms with Gasteiger partial charge in [-0.1, -0.05) is 12.1 Å². The molecule has 0 spiro atoms. The zero-order valence-corrected chi connectivity index (χ0v) is 13.3. The molecule has 1 aromatic heterocycles. The van der Waals surface area contributed by atoms with Gasteiger partial charge >= 0.3 is 0 Å². The van der Waals surface area contributed by atoms with Crippen LogP contribution in [0, 0.1) is 6.92 Å². The summed E-state index contributed by atoms with van der Waals surface area (Å²) in [5.41, 5.74) is 1.50. The van der Waals surface area contributed by atoms with Crippen molar-refractivity contribution in [2.24, 2.45) is 0 Å². The fourth-order valence-corrected chi connectivity index (χ4v) is 3.38. The molecule has 20 heavy (non-hydrogen) atoms. The van der Waals surface area contributed by atoms with E-state index in [4.69, 9.17) is 0 Å². The fourth-order valence-electron chi connectivity index (χ4n) is 1.71. The molecule has 7 heteroatoms. The average molecular weight is 311 g/mol. The maximum Gasteiger partial charge on any atom is 0.244 e. The minimum atomic E-state index is -3.45. The standard InChI is InChI=1S/C13H17N3O2S2/c1-10-15-11(9-19-10)8-14-12-6-4-5-7-13(12)20(17,18)16(2)3/h4-7,9,14H,8H2,1-3H3. The van der Waals surface area contributed by atoms with E-state index in [1.165, 1.54) is 18.4 Å². The van der Waals surface area contributed by atoms with E-state index >= 15 is 0 Å². The predicted octanol–water partition coefficient (Wildman–Crippen LogP) is 2.31. The van der Waals surface area contributed by atoms with Crippen molar-refractivity contribution in [2.45, 2.75) is 18.4 Å². The minimum Gasteiger partial charge on any atom is -0.378 e. The van der Waals surface area contributed by atoms with Crippen LogP contribution in [0.4, 0.5) is 5.69 Å². The Balaban J connectivity index is 2.25. The minimum absolute atomic E-state index is 0.275. The Morgan fingerprint density at radius 2 is 2.00 bits per heavy atom. The van der Waals surface area contributed by atoms with Gasteiger partial charge in [-0.2, -0.15) is 0 Å². The highest BCUT2D eigenvalue weighted by Crippen LogP contribution is 2.23. The first-order valence-corrected chi connectivity index (χ1v) is 8.39. The first-order chi connectivity index (χ1) is 9.41. The van der Waals surface area contributed by atoms with E-state index in [0.717, 1.165) is 10.7 Å². The molecular formula is C13H17N3O2S2. The summed E-state index contributed by atoms with van der Waals surface area (Å²) in [5.74, 6) is 0. The molecule has 0 bridgehead atoms. The SMILES string of the molecule is Cc1nc(CNc2ccccc2S(=O)(=O)N(C)C)cs1. The second-order valence-electron chi connectivity index (χ2n) is 4.50. The van der Waals surface area contributed by atoms with Gasteiger partial charge in [0.1, 0.15) is 4.90 Å². The third-order valence-corrected chi connectivity index (χ3v) is 5.47. The number of hydrogen-bond acceptors (Lipinski definition) is 5. The maximum atomic E-state index is 12.2. The Bertz CT molecular complexity index is 693. The molecule has 0 aliphatic heterocycles. The Labute approximate surface area is 123 Å².